The van der Waals surface area contributed by atoms with Crippen LogP contribution in [0.5, 0.6) is 0 Å². The number of hydrogen-bond donors (Lipinski definition) is 1. The molecule has 0 spiro atoms. The van der Waals surface area contributed by atoms with E-state index in [1.165, 1.54) is 0 Å². The van der Waals surface area contributed by atoms with Gasteiger partial charge in [0.25, 0.3) is 5.91 Å². The summed E-state index contributed by atoms with van der Waals surface area (Å²) in [6, 6.07) is 1.90. The quantitative estimate of drug-likeness (QED) is 0.874. The monoisotopic (exact) mass is 387 g/mol. The van der Waals surface area contributed by atoms with Crippen molar-refractivity contribution in [1.82, 2.24) is 19.7 Å². The Bertz CT molecular complexity index is 733. The fourth-order valence-electron chi connectivity index (χ4n) is 3.11. The van der Waals surface area contributed by atoms with Gasteiger partial charge in [-0.05, 0) is 30.4 Å². The molecule has 1 unspecified atom stereocenters. The van der Waals surface area contributed by atoms with E-state index in [-0.39, 0.29) is 36.1 Å². The highest BCUT2D eigenvalue weighted by molar-refractivity contribution is 5.97. The number of aromatic nitrogens is 3. The highest BCUT2D eigenvalue weighted by Crippen LogP contribution is 2.29. The molecular formula is C17H27Cl2N5O. The predicted octanol–water partition coefficient (Wildman–Crippen LogP) is 2.74. The van der Waals surface area contributed by atoms with Crippen molar-refractivity contribution in [2.45, 2.75) is 33.7 Å². The minimum absolute atomic E-state index is 0. The summed E-state index contributed by atoms with van der Waals surface area (Å²) in [5.74, 6) is 0.535. The Morgan fingerprint density at radius 3 is 2.68 bits per heavy atom. The van der Waals surface area contributed by atoms with Crippen molar-refractivity contribution in [2.24, 2.45) is 17.1 Å². The maximum atomic E-state index is 12.7. The lowest BCUT2D eigenvalue weighted by Gasteiger charge is -2.22. The third-order valence-electron chi connectivity index (χ3n) is 4.60. The number of carbonyl (C=O) groups excluding carboxylic acids is 1. The number of nitrogens with zero attached hydrogens (tertiary/aromatic N) is 4. The van der Waals surface area contributed by atoms with Crippen molar-refractivity contribution in [3.63, 3.8) is 0 Å². The van der Waals surface area contributed by atoms with Gasteiger partial charge < -0.3 is 10.6 Å². The van der Waals surface area contributed by atoms with Gasteiger partial charge in [0.05, 0.1) is 11.8 Å². The lowest BCUT2D eigenvalue weighted by molar-refractivity contribution is 0.0776. The van der Waals surface area contributed by atoms with Gasteiger partial charge in [0.2, 0.25) is 0 Å². The zero-order valence-corrected chi connectivity index (χ0v) is 16.6. The molecule has 0 saturated carbocycles. The van der Waals surface area contributed by atoms with E-state index in [2.05, 4.69) is 30.9 Å². The van der Waals surface area contributed by atoms with Crippen molar-refractivity contribution in [3.05, 3.63) is 24.0 Å². The number of hydrogen-bond acceptors (Lipinski definition) is 4. The number of pyridine rings is 1. The molecule has 1 atom stereocenters. The molecule has 0 bridgehead atoms. The molecule has 8 heteroatoms. The Balaban J connectivity index is 0.00000156. The van der Waals surface area contributed by atoms with Crippen LogP contribution >= 0.6 is 24.8 Å². The number of amides is 1. The van der Waals surface area contributed by atoms with E-state index in [0.717, 1.165) is 30.5 Å². The second kappa shape index (κ2) is 8.34. The van der Waals surface area contributed by atoms with Crippen LogP contribution in [0.15, 0.2) is 18.5 Å². The third-order valence-corrected chi connectivity index (χ3v) is 4.60. The van der Waals surface area contributed by atoms with E-state index in [9.17, 15) is 4.79 Å². The molecule has 2 N–H and O–H groups in total. The number of nitrogens with two attached hydrogens (primary N) is 1. The summed E-state index contributed by atoms with van der Waals surface area (Å²) in [4.78, 5) is 19.1. The first-order chi connectivity index (χ1) is 10.9. The molecule has 140 valence electrons. The Labute approximate surface area is 161 Å². The fourth-order valence-corrected chi connectivity index (χ4v) is 3.11. The lowest BCUT2D eigenvalue weighted by Crippen LogP contribution is -2.34. The molecule has 6 nitrogen and oxygen atoms in total. The molecule has 2 aromatic heterocycles. The van der Waals surface area contributed by atoms with Gasteiger partial charge in [0.1, 0.15) is 0 Å². The largest absolute Gasteiger partial charge is 0.338 e. The van der Waals surface area contributed by atoms with Crippen LogP contribution in [0.4, 0.5) is 0 Å². The van der Waals surface area contributed by atoms with E-state index in [4.69, 9.17) is 5.73 Å². The average Bonchev–Trinajstić information content (AvgIpc) is 3.11. The molecular weight excluding hydrogens is 361 g/mol. The van der Waals surface area contributed by atoms with Crippen LogP contribution < -0.4 is 5.73 Å². The first kappa shape index (κ1) is 21.7. The van der Waals surface area contributed by atoms with Crippen LogP contribution in [0, 0.1) is 11.3 Å². The maximum Gasteiger partial charge on any atom is 0.255 e. The van der Waals surface area contributed by atoms with Crippen LogP contribution in [0.1, 0.15) is 37.6 Å². The Kier molecular flexibility index (Phi) is 7.23. The molecule has 2 aromatic rings. The normalized spacial score (nSPS) is 19.8. The van der Waals surface area contributed by atoms with Crippen molar-refractivity contribution < 1.29 is 4.79 Å². The number of fused-ring (bicyclic) bond motifs is 1. The van der Waals surface area contributed by atoms with E-state index in [1.54, 1.807) is 12.4 Å². The van der Waals surface area contributed by atoms with Gasteiger partial charge in [-0.3, -0.25) is 4.79 Å². The van der Waals surface area contributed by atoms with Crippen LogP contribution in [-0.2, 0) is 6.54 Å². The predicted molar refractivity (Wildman–Crippen MR) is 105 cm³/mol. The summed E-state index contributed by atoms with van der Waals surface area (Å²) in [6.45, 7) is 9.34. The molecule has 25 heavy (non-hydrogen) atoms. The summed E-state index contributed by atoms with van der Waals surface area (Å²) in [5.41, 5.74) is 7.33. The molecule has 1 aliphatic heterocycles. The van der Waals surface area contributed by atoms with E-state index < -0.39 is 0 Å². The third kappa shape index (κ3) is 4.43. The van der Waals surface area contributed by atoms with Gasteiger partial charge in [0, 0.05) is 31.2 Å². The second-order valence-corrected chi connectivity index (χ2v) is 7.35. The lowest BCUT2D eigenvalue weighted by atomic mass is 9.90. The highest BCUT2D eigenvalue weighted by atomic mass is 35.5. The van der Waals surface area contributed by atoms with Crippen molar-refractivity contribution in [1.29, 1.82) is 0 Å². The molecule has 3 rings (SSSR count). The molecule has 1 aliphatic rings. The molecule has 0 aliphatic carbocycles. The van der Waals surface area contributed by atoms with Gasteiger partial charge >= 0.3 is 0 Å². The van der Waals surface area contributed by atoms with Crippen molar-refractivity contribution in [2.75, 3.05) is 19.6 Å². The minimum atomic E-state index is 0. The summed E-state index contributed by atoms with van der Waals surface area (Å²) in [7, 11) is 0. The topological polar surface area (TPSA) is 77.0 Å². The van der Waals surface area contributed by atoms with E-state index in [0.29, 0.717) is 24.6 Å². The Morgan fingerprint density at radius 2 is 2.08 bits per heavy atom. The molecule has 1 saturated heterocycles. The fraction of sp³-hybridized carbons (Fsp3) is 0.588. The number of halogens is 2. The van der Waals surface area contributed by atoms with Gasteiger partial charge in [-0.2, -0.15) is 5.10 Å². The summed E-state index contributed by atoms with van der Waals surface area (Å²) in [5, 5.41) is 5.30. The molecule has 0 aromatic carbocycles. The van der Waals surface area contributed by atoms with Crippen LogP contribution in [0.3, 0.4) is 0 Å². The summed E-state index contributed by atoms with van der Waals surface area (Å²) in [6.07, 6.45) is 4.41. The van der Waals surface area contributed by atoms with Crippen LogP contribution in [0.2, 0.25) is 0 Å². The molecule has 3 heterocycles. The molecule has 0 radical (unpaired) electrons. The first-order valence-electron chi connectivity index (χ1n) is 8.23. The van der Waals surface area contributed by atoms with E-state index in [1.807, 2.05) is 15.6 Å². The van der Waals surface area contributed by atoms with Crippen molar-refractivity contribution in [3.8, 4) is 0 Å². The van der Waals surface area contributed by atoms with Gasteiger partial charge in [-0.1, -0.05) is 20.8 Å². The first-order valence-corrected chi connectivity index (χ1v) is 8.23. The number of rotatable bonds is 4. The standard InChI is InChI=1S/C17H25N5O.2ClH/c1-12(2)9-22-15-13(8-20-22)6-14(7-19-15)16(23)21-5-4-17(3,10-18)11-21;;/h6-8,12H,4-5,9-11,18H2,1-3H3;2*1H. The van der Waals surface area contributed by atoms with Gasteiger partial charge in [0.15, 0.2) is 5.65 Å². The summed E-state index contributed by atoms with van der Waals surface area (Å²) < 4.78 is 1.90. The minimum Gasteiger partial charge on any atom is -0.338 e. The van der Waals surface area contributed by atoms with Crippen LogP contribution in [0.25, 0.3) is 11.0 Å². The van der Waals surface area contributed by atoms with Crippen molar-refractivity contribution >= 4 is 41.8 Å². The maximum absolute atomic E-state index is 12.7. The van der Waals surface area contributed by atoms with Crippen LogP contribution in [-0.4, -0.2) is 45.2 Å². The Hall–Kier alpha value is -1.37. The average molecular weight is 388 g/mol. The summed E-state index contributed by atoms with van der Waals surface area (Å²) >= 11 is 0. The smallest absolute Gasteiger partial charge is 0.255 e. The Morgan fingerprint density at radius 1 is 1.36 bits per heavy atom. The van der Waals surface area contributed by atoms with Gasteiger partial charge in [-0.25, -0.2) is 9.67 Å². The highest BCUT2D eigenvalue weighted by Gasteiger charge is 2.35. The zero-order valence-electron chi connectivity index (χ0n) is 14.9. The molecule has 1 amide bonds. The second-order valence-electron chi connectivity index (χ2n) is 7.35. The van der Waals surface area contributed by atoms with Gasteiger partial charge in [-0.15, -0.1) is 24.8 Å². The zero-order chi connectivity index (χ0) is 16.6. The van der Waals surface area contributed by atoms with E-state index >= 15 is 0 Å². The SMILES string of the molecule is CC(C)Cn1ncc2cc(C(=O)N3CCC(C)(CN)C3)cnc21.Cl.Cl. The number of carbonyl (C=O) groups is 1. The molecule has 1 fully saturated rings. The number of likely N-dealkylation sites (tertiary alicyclic amines) is 1.